The molecule has 2 atom stereocenters. The molecule has 2 rings (SSSR count). The lowest BCUT2D eigenvalue weighted by Gasteiger charge is -2.08. The van der Waals surface area contributed by atoms with Crippen LogP contribution >= 0.6 is 12.4 Å². The number of aryl methyl sites for hydroxylation is 1. The van der Waals surface area contributed by atoms with Gasteiger partial charge in [-0.3, -0.25) is 4.79 Å². The maximum atomic E-state index is 11.9. The number of nitrogens with one attached hydrogen (secondary N) is 1. The molecule has 0 aromatic heterocycles. The monoisotopic (exact) mass is 254 g/mol. The van der Waals surface area contributed by atoms with Crippen LogP contribution in [0.2, 0.25) is 0 Å². The number of nitrogens with two attached hydrogens (primary N) is 1. The lowest BCUT2D eigenvalue weighted by molar-refractivity contribution is 0.0951. The third kappa shape index (κ3) is 3.37. The van der Waals surface area contributed by atoms with Crippen LogP contribution in [0.3, 0.4) is 0 Å². The van der Waals surface area contributed by atoms with E-state index in [9.17, 15) is 4.79 Å². The Labute approximate surface area is 108 Å². The SMILES string of the molecule is Cc1ccc(N)cc1C(=O)NCC1CC1C.Cl. The molecule has 1 aliphatic rings. The number of anilines is 1. The lowest BCUT2D eigenvalue weighted by atomic mass is 10.1. The summed E-state index contributed by atoms with van der Waals surface area (Å²) in [5.41, 5.74) is 7.97. The van der Waals surface area contributed by atoms with Crippen molar-refractivity contribution in [2.75, 3.05) is 12.3 Å². The third-order valence-electron chi connectivity index (χ3n) is 3.31. The quantitative estimate of drug-likeness (QED) is 0.814. The predicted octanol–water partition coefficient (Wildman–Crippen LogP) is 2.38. The lowest BCUT2D eigenvalue weighted by Crippen LogP contribution is -2.26. The van der Waals surface area contributed by atoms with E-state index in [4.69, 9.17) is 5.73 Å². The van der Waals surface area contributed by atoms with E-state index >= 15 is 0 Å². The number of nitrogen functional groups attached to an aromatic ring is 1. The minimum atomic E-state index is -0.0103. The van der Waals surface area contributed by atoms with Gasteiger partial charge in [0.05, 0.1) is 0 Å². The van der Waals surface area contributed by atoms with Gasteiger partial charge >= 0.3 is 0 Å². The Bertz CT molecular complexity index is 420. The molecule has 1 saturated carbocycles. The summed E-state index contributed by atoms with van der Waals surface area (Å²) in [5, 5.41) is 2.96. The molecule has 3 N–H and O–H groups in total. The fraction of sp³-hybridized carbons (Fsp3) is 0.462. The number of carbonyl (C=O) groups excluding carboxylic acids is 1. The van der Waals surface area contributed by atoms with Crippen LogP contribution in [0.15, 0.2) is 18.2 Å². The van der Waals surface area contributed by atoms with Crippen LogP contribution in [0.1, 0.15) is 29.3 Å². The highest BCUT2D eigenvalue weighted by atomic mass is 35.5. The Kier molecular flexibility index (Phi) is 4.40. The predicted molar refractivity (Wildman–Crippen MR) is 72.4 cm³/mol. The first-order valence-corrected chi connectivity index (χ1v) is 5.72. The average molecular weight is 255 g/mol. The van der Waals surface area contributed by atoms with E-state index in [0.717, 1.165) is 18.0 Å². The van der Waals surface area contributed by atoms with E-state index in [1.165, 1.54) is 6.42 Å². The van der Waals surface area contributed by atoms with Crippen molar-refractivity contribution in [3.05, 3.63) is 29.3 Å². The normalized spacial score (nSPS) is 21.5. The number of amides is 1. The smallest absolute Gasteiger partial charge is 0.251 e. The van der Waals surface area contributed by atoms with Crippen molar-refractivity contribution >= 4 is 24.0 Å². The number of carbonyl (C=O) groups is 1. The second kappa shape index (κ2) is 5.41. The van der Waals surface area contributed by atoms with Gasteiger partial charge in [0.2, 0.25) is 0 Å². The first-order chi connectivity index (χ1) is 7.58. The Hall–Kier alpha value is -1.22. The summed E-state index contributed by atoms with van der Waals surface area (Å²) in [6, 6.07) is 5.43. The van der Waals surface area contributed by atoms with Gasteiger partial charge in [-0.15, -0.1) is 12.4 Å². The van der Waals surface area contributed by atoms with E-state index in [1.54, 1.807) is 6.07 Å². The highest BCUT2D eigenvalue weighted by molar-refractivity contribution is 5.96. The van der Waals surface area contributed by atoms with Crippen LogP contribution in [-0.4, -0.2) is 12.5 Å². The number of hydrogen-bond donors (Lipinski definition) is 2. The topological polar surface area (TPSA) is 55.1 Å². The molecule has 0 saturated heterocycles. The molecule has 3 nitrogen and oxygen atoms in total. The van der Waals surface area contributed by atoms with Gasteiger partial charge in [-0.1, -0.05) is 13.0 Å². The van der Waals surface area contributed by atoms with Crippen LogP contribution in [0.25, 0.3) is 0 Å². The highest BCUT2D eigenvalue weighted by Gasteiger charge is 2.32. The Balaban J connectivity index is 0.00000144. The van der Waals surface area contributed by atoms with Crippen molar-refractivity contribution in [2.45, 2.75) is 20.3 Å². The molecule has 1 aromatic carbocycles. The van der Waals surface area contributed by atoms with Gasteiger partial charge in [-0.05, 0) is 42.9 Å². The van der Waals surface area contributed by atoms with Crippen molar-refractivity contribution < 1.29 is 4.79 Å². The van der Waals surface area contributed by atoms with E-state index in [-0.39, 0.29) is 18.3 Å². The van der Waals surface area contributed by atoms with E-state index in [1.807, 2.05) is 19.1 Å². The molecule has 1 aliphatic carbocycles. The molecule has 0 bridgehead atoms. The fourth-order valence-electron chi connectivity index (χ4n) is 1.89. The summed E-state index contributed by atoms with van der Waals surface area (Å²) >= 11 is 0. The number of benzene rings is 1. The van der Waals surface area contributed by atoms with E-state index in [2.05, 4.69) is 12.2 Å². The molecule has 1 amide bonds. The zero-order valence-corrected chi connectivity index (χ0v) is 11.0. The molecule has 1 fully saturated rings. The summed E-state index contributed by atoms with van der Waals surface area (Å²) in [6.07, 6.45) is 1.23. The van der Waals surface area contributed by atoms with E-state index < -0.39 is 0 Å². The zero-order valence-electron chi connectivity index (χ0n) is 10.2. The van der Waals surface area contributed by atoms with Crippen molar-refractivity contribution in [3.8, 4) is 0 Å². The standard InChI is InChI=1S/C13H18N2O.ClH/c1-8-3-4-11(14)6-12(8)13(16)15-7-10-5-9(10)2;/h3-4,6,9-10H,5,7,14H2,1-2H3,(H,15,16);1H. The van der Waals surface area contributed by atoms with Gasteiger partial charge in [0.1, 0.15) is 0 Å². The molecular weight excluding hydrogens is 236 g/mol. The van der Waals surface area contributed by atoms with Crippen LogP contribution < -0.4 is 11.1 Å². The Morgan fingerprint density at radius 1 is 1.53 bits per heavy atom. The molecule has 94 valence electrons. The molecule has 2 unspecified atom stereocenters. The molecule has 0 heterocycles. The van der Waals surface area contributed by atoms with Gasteiger partial charge in [0, 0.05) is 17.8 Å². The molecule has 0 aliphatic heterocycles. The maximum Gasteiger partial charge on any atom is 0.251 e. The molecule has 4 heteroatoms. The van der Waals surface area contributed by atoms with Gasteiger partial charge in [-0.25, -0.2) is 0 Å². The average Bonchev–Trinajstić information content (AvgIpc) is 2.95. The van der Waals surface area contributed by atoms with Crippen molar-refractivity contribution in [1.82, 2.24) is 5.32 Å². The molecular formula is C13H19ClN2O. The molecule has 17 heavy (non-hydrogen) atoms. The Morgan fingerprint density at radius 2 is 2.18 bits per heavy atom. The van der Waals surface area contributed by atoms with Crippen molar-refractivity contribution in [3.63, 3.8) is 0 Å². The van der Waals surface area contributed by atoms with Crippen molar-refractivity contribution in [2.24, 2.45) is 11.8 Å². The largest absolute Gasteiger partial charge is 0.399 e. The summed E-state index contributed by atoms with van der Waals surface area (Å²) in [5.74, 6) is 1.43. The van der Waals surface area contributed by atoms with Crippen molar-refractivity contribution in [1.29, 1.82) is 0 Å². The second-order valence-corrected chi connectivity index (χ2v) is 4.76. The molecule has 1 aromatic rings. The van der Waals surface area contributed by atoms with Crippen LogP contribution in [0.5, 0.6) is 0 Å². The first kappa shape index (κ1) is 13.8. The highest BCUT2D eigenvalue weighted by Crippen LogP contribution is 2.36. The first-order valence-electron chi connectivity index (χ1n) is 5.72. The minimum absolute atomic E-state index is 0. The number of rotatable bonds is 3. The Morgan fingerprint density at radius 3 is 2.76 bits per heavy atom. The molecule has 0 spiro atoms. The van der Waals surface area contributed by atoms with Crippen LogP contribution in [0, 0.1) is 18.8 Å². The number of halogens is 1. The second-order valence-electron chi connectivity index (χ2n) is 4.76. The fourth-order valence-corrected chi connectivity index (χ4v) is 1.89. The summed E-state index contributed by atoms with van der Waals surface area (Å²) < 4.78 is 0. The minimum Gasteiger partial charge on any atom is -0.399 e. The van der Waals surface area contributed by atoms with E-state index in [0.29, 0.717) is 17.2 Å². The zero-order chi connectivity index (χ0) is 11.7. The molecule has 0 radical (unpaired) electrons. The third-order valence-corrected chi connectivity index (χ3v) is 3.31. The van der Waals surface area contributed by atoms with Crippen LogP contribution in [-0.2, 0) is 0 Å². The summed E-state index contributed by atoms with van der Waals surface area (Å²) in [4.78, 5) is 11.9. The number of hydrogen-bond acceptors (Lipinski definition) is 2. The van der Waals surface area contributed by atoms with Gasteiger partial charge < -0.3 is 11.1 Å². The van der Waals surface area contributed by atoms with Gasteiger partial charge in [0.25, 0.3) is 5.91 Å². The maximum absolute atomic E-state index is 11.9. The van der Waals surface area contributed by atoms with Crippen LogP contribution in [0.4, 0.5) is 5.69 Å². The van der Waals surface area contributed by atoms with Gasteiger partial charge in [-0.2, -0.15) is 0 Å². The summed E-state index contributed by atoms with van der Waals surface area (Å²) in [7, 11) is 0. The van der Waals surface area contributed by atoms with Gasteiger partial charge in [0.15, 0.2) is 0 Å². The summed E-state index contributed by atoms with van der Waals surface area (Å²) in [6.45, 7) is 4.92.